The molecule has 3 rings (SSSR count). The second-order valence-electron chi connectivity index (χ2n) is 5.46. The van der Waals surface area contributed by atoms with Gasteiger partial charge in [0.2, 0.25) is 5.91 Å². The van der Waals surface area contributed by atoms with Gasteiger partial charge in [-0.05, 0) is 0 Å². The Kier molecular flexibility index (Phi) is 4.42. The van der Waals surface area contributed by atoms with Crippen molar-refractivity contribution in [1.29, 1.82) is 0 Å². The highest BCUT2D eigenvalue weighted by molar-refractivity contribution is 5.73. The summed E-state index contributed by atoms with van der Waals surface area (Å²) in [5, 5.41) is 22.8. The van der Waals surface area contributed by atoms with Crippen LogP contribution in [0.3, 0.4) is 0 Å². The second kappa shape index (κ2) is 6.31. The summed E-state index contributed by atoms with van der Waals surface area (Å²) >= 11 is 0. The van der Waals surface area contributed by atoms with Gasteiger partial charge in [0.1, 0.15) is 24.4 Å². The van der Waals surface area contributed by atoms with Crippen molar-refractivity contribution in [3.8, 4) is 0 Å². The van der Waals surface area contributed by atoms with Crippen LogP contribution in [0.1, 0.15) is 18.8 Å². The molecule has 2 unspecified atom stereocenters. The normalized spacial score (nSPS) is 38.1. The van der Waals surface area contributed by atoms with E-state index in [1.165, 1.54) is 6.92 Å². The third-order valence-electron chi connectivity index (χ3n) is 3.83. The molecule has 0 bridgehead atoms. The molecule has 2 fully saturated rings. The topological polar surface area (TPSA) is 97.3 Å². The van der Waals surface area contributed by atoms with Gasteiger partial charge in [-0.1, -0.05) is 30.3 Å². The summed E-state index contributed by atoms with van der Waals surface area (Å²) in [5.41, 5.74) is 0.829. The maximum absolute atomic E-state index is 11.2. The zero-order valence-corrected chi connectivity index (χ0v) is 12.1. The smallest absolute Gasteiger partial charge is 0.217 e. The number of fused-ring (bicyclic) bond motifs is 1. The number of amides is 1. The standard InChI is InChI=1S/C15H19NO6/c1-8(17)16-11-12(18)13-10(21-14(11)19)7-20-15(22-13)9-5-3-2-4-6-9/h2-6,10-15,18-19H,7H2,1H3,(H,16,17)/t10-,11-,12-,13+,14?,15?/m1/s1. The number of hydrogen-bond donors (Lipinski definition) is 3. The summed E-state index contributed by atoms with van der Waals surface area (Å²) in [4.78, 5) is 11.2. The van der Waals surface area contributed by atoms with Gasteiger partial charge in [-0.15, -0.1) is 0 Å². The van der Waals surface area contributed by atoms with Crippen molar-refractivity contribution in [3.63, 3.8) is 0 Å². The number of aliphatic hydroxyl groups is 2. The molecule has 2 aliphatic rings. The van der Waals surface area contributed by atoms with Gasteiger partial charge in [0.15, 0.2) is 12.6 Å². The lowest BCUT2D eigenvalue weighted by atomic mass is 9.96. The van der Waals surface area contributed by atoms with E-state index in [1.807, 2.05) is 30.3 Å². The van der Waals surface area contributed by atoms with Gasteiger partial charge in [-0.3, -0.25) is 4.79 Å². The first-order chi connectivity index (χ1) is 10.6. The van der Waals surface area contributed by atoms with Crippen molar-refractivity contribution in [2.45, 2.75) is 43.9 Å². The lowest BCUT2D eigenvalue weighted by Crippen LogP contribution is -2.66. The summed E-state index contributed by atoms with van der Waals surface area (Å²) in [6.07, 6.45) is -4.29. The van der Waals surface area contributed by atoms with Crippen LogP contribution in [0.4, 0.5) is 0 Å². The van der Waals surface area contributed by atoms with Crippen LogP contribution in [0, 0.1) is 0 Å². The number of carbonyl (C=O) groups excluding carboxylic acids is 1. The summed E-state index contributed by atoms with van der Waals surface area (Å²) in [5.74, 6) is -0.364. The van der Waals surface area contributed by atoms with Crippen molar-refractivity contribution in [3.05, 3.63) is 35.9 Å². The predicted molar refractivity (Wildman–Crippen MR) is 74.5 cm³/mol. The number of rotatable bonds is 2. The first-order valence-electron chi connectivity index (χ1n) is 7.17. The first-order valence-corrected chi connectivity index (χ1v) is 7.17. The third-order valence-corrected chi connectivity index (χ3v) is 3.83. The highest BCUT2D eigenvalue weighted by atomic mass is 16.7. The number of aliphatic hydroxyl groups excluding tert-OH is 2. The molecule has 0 spiro atoms. The minimum Gasteiger partial charge on any atom is -0.388 e. The Hall–Kier alpha value is -1.51. The Morgan fingerprint density at radius 1 is 1.23 bits per heavy atom. The molecule has 22 heavy (non-hydrogen) atoms. The van der Waals surface area contributed by atoms with E-state index in [9.17, 15) is 15.0 Å². The third kappa shape index (κ3) is 2.99. The van der Waals surface area contributed by atoms with E-state index in [1.54, 1.807) is 0 Å². The maximum Gasteiger partial charge on any atom is 0.217 e. The molecule has 1 aromatic carbocycles. The zero-order chi connectivity index (χ0) is 15.7. The molecule has 0 aromatic heterocycles. The number of hydrogen-bond acceptors (Lipinski definition) is 6. The summed E-state index contributed by atoms with van der Waals surface area (Å²) in [7, 11) is 0. The van der Waals surface area contributed by atoms with Crippen molar-refractivity contribution < 1.29 is 29.2 Å². The van der Waals surface area contributed by atoms with Gasteiger partial charge in [0.25, 0.3) is 0 Å². The fourth-order valence-corrected chi connectivity index (χ4v) is 2.78. The minimum absolute atomic E-state index is 0.186. The molecule has 1 amide bonds. The Morgan fingerprint density at radius 2 is 1.95 bits per heavy atom. The van der Waals surface area contributed by atoms with Crippen molar-refractivity contribution in [2.75, 3.05) is 6.61 Å². The molecular formula is C15H19NO6. The molecule has 3 N–H and O–H groups in total. The molecule has 2 heterocycles. The predicted octanol–water partition coefficient (Wildman–Crippen LogP) is -0.317. The maximum atomic E-state index is 11.2. The molecule has 0 aliphatic carbocycles. The number of nitrogens with one attached hydrogen (secondary N) is 1. The second-order valence-corrected chi connectivity index (χ2v) is 5.46. The van der Waals surface area contributed by atoms with Gasteiger partial charge >= 0.3 is 0 Å². The van der Waals surface area contributed by atoms with E-state index in [0.717, 1.165) is 5.56 Å². The minimum atomic E-state index is -1.30. The molecule has 2 saturated heterocycles. The van der Waals surface area contributed by atoms with Gasteiger partial charge in [0.05, 0.1) is 6.61 Å². The molecule has 7 nitrogen and oxygen atoms in total. The molecule has 2 aliphatic heterocycles. The van der Waals surface area contributed by atoms with Crippen LogP contribution in [-0.4, -0.2) is 53.4 Å². The lowest BCUT2D eigenvalue weighted by molar-refractivity contribution is -0.337. The molecular weight excluding hydrogens is 290 g/mol. The monoisotopic (exact) mass is 309 g/mol. The zero-order valence-electron chi connectivity index (χ0n) is 12.1. The molecule has 0 saturated carbocycles. The van der Waals surface area contributed by atoms with Crippen LogP contribution in [0.2, 0.25) is 0 Å². The van der Waals surface area contributed by atoms with E-state index >= 15 is 0 Å². The Bertz CT molecular complexity index is 524. The largest absolute Gasteiger partial charge is 0.388 e. The van der Waals surface area contributed by atoms with Crippen molar-refractivity contribution >= 4 is 5.91 Å². The summed E-state index contributed by atoms with van der Waals surface area (Å²) in [6, 6.07) is 8.41. The van der Waals surface area contributed by atoms with E-state index in [-0.39, 0.29) is 12.5 Å². The first kappa shape index (κ1) is 15.4. The Morgan fingerprint density at radius 3 is 2.64 bits per heavy atom. The van der Waals surface area contributed by atoms with Crippen LogP contribution in [0.15, 0.2) is 30.3 Å². The molecule has 1 aromatic rings. The van der Waals surface area contributed by atoms with Gasteiger partial charge in [0, 0.05) is 12.5 Å². The molecule has 6 atom stereocenters. The summed E-state index contributed by atoms with van der Waals surface area (Å²) in [6.45, 7) is 1.49. The molecule has 0 radical (unpaired) electrons. The summed E-state index contributed by atoms with van der Waals surface area (Å²) < 4.78 is 16.8. The van der Waals surface area contributed by atoms with Crippen LogP contribution in [-0.2, 0) is 19.0 Å². The average molecular weight is 309 g/mol. The fraction of sp³-hybridized carbons (Fsp3) is 0.533. The van der Waals surface area contributed by atoms with E-state index in [2.05, 4.69) is 5.32 Å². The van der Waals surface area contributed by atoms with Crippen LogP contribution in [0.5, 0.6) is 0 Å². The van der Waals surface area contributed by atoms with Gasteiger partial charge in [-0.2, -0.15) is 0 Å². The van der Waals surface area contributed by atoms with E-state index < -0.39 is 36.9 Å². The van der Waals surface area contributed by atoms with E-state index in [4.69, 9.17) is 14.2 Å². The quantitative estimate of drug-likeness (QED) is 0.693. The highest BCUT2D eigenvalue weighted by Crippen LogP contribution is 2.33. The number of carbonyl (C=O) groups is 1. The average Bonchev–Trinajstić information content (AvgIpc) is 2.52. The molecule has 120 valence electrons. The Labute approximate surface area is 127 Å². The number of ether oxygens (including phenoxy) is 3. The van der Waals surface area contributed by atoms with Crippen LogP contribution < -0.4 is 5.32 Å². The van der Waals surface area contributed by atoms with Gasteiger partial charge < -0.3 is 29.7 Å². The fourth-order valence-electron chi connectivity index (χ4n) is 2.78. The van der Waals surface area contributed by atoms with E-state index in [0.29, 0.717) is 0 Å². The molecule has 7 heteroatoms. The number of benzene rings is 1. The van der Waals surface area contributed by atoms with Crippen molar-refractivity contribution in [1.82, 2.24) is 5.32 Å². The lowest BCUT2D eigenvalue weighted by Gasteiger charge is -2.46. The van der Waals surface area contributed by atoms with Crippen LogP contribution in [0.25, 0.3) is 0 Å². The van der Waals surface area contributed by atoms with Crippen molar-refractivity contribution in [2.24, 2.45) is 0 Å². The Balaban J connectivity index is 1.75. The highest BCUT2D eigenvalue weighted by Gasteiger charge is 2.49. The SMILES string of the molecule is CC(=O)N[C@H]1C(O)O[C@@H]2COC(c3ccccc3)O[C@@H]2[C@@H]1O. The van der Waals surface area contributed by atoms with Crippen LogP contribution >= 0.6 is 0 Å². The van der Waals surface area contributed by atoms with Gasteiger partial charge in [-0.25, -0.2) is 0 Å².